The van der Waals surface area contributed by atoms with Gasteiger partial charge in [0.2, 0.25) is 5.91 Å². The minimum Gasteiger partial charge on any atom is -0.465 e. The Bertz CT molecular complexity index is 974. The van der Waals surface area contributed by atoms with Gasteiger partial charge in [-0.05, 0) is 36.8 Å². The molecule has 0 unspecified atom stereocenters. The third kappa shape index (κ3) is 5.20. The number of amides is 1. The number of aromatic nitrogens is 4. The Morgan fingerprint density at radius 1 is 1.10 bits per heavy atom. The van der Waals surface area contributed by atoms with Gasteiger partial charge < -0.3 is 14.6 Å². The molecule has 8 nitrogen and oxygen atoms in total. The van der Waals surface area contributed by atoms with Crippen LogP contribution in [0.25, 0.3) is 11.4 Å². The SMILES string of the molecule is CCn1c(SCC(=O)NCc2ccc(C(=O)OC)cc2)nnc1-c1ccncc1. The normalized spacial score (nSPS) is 10.6. The number of nitrogens with one attached hydrogen (secondary N) is 1. The number of ether oxygens (including phenoxy) is 1. The predicted octanol–water partition coefficient (Wildman–Crippen LogP) is 2.56. The van der Waals surface area contributed by atoms with Gasteiger partial charge in [-0.2, -0.15) is 0 Å². The summed E-state index contributed by atoms with van der Waals surface area (Å²) in [6, 6.07) is 10.7. The summed E-state index contributed by atoms with van der Waals surface area (Å²) in [4.78, 5) is 27.7. The number of carbonyl (C=O) groups is 2. The first-order chi connectivity index (χ1) is 14.1. The minimum atomic E-state index is -0.386. The van der Waals surface area contributed by atoms with E-state index >= 15 is 0 Å². The van der Waals surface area contributed by atoms with E-state index < -0.39 is 0 Å². The van der Waals surface area contributed by atoms with Crippen molar-refractivity contribution in [2.75, 3.05) is 12.9 Å². The summed E-state index contributed by atoms with van der Waals surface area (Å²) in [5, 5.41) is 12.0. The van der Waals surface area contributed by atoms with Crippen LogP contribution in [0.15, 0.2) is 53.9 Å². The number of rotatable bonds is 8. The van der Waals surface area contributed by atoms with Crippen molar-refractivity contribution < 1.29 is 14.3 Å². The number of thioether (sulfide) groups is 1. The Morgan fingerprint density at radius 3 is 2.48 bits per heavy atom. The molecule has 0 atom stereocenters. The van der Waals surface area contributed by atoms with Crippen molar-refractivity contribution in [3.05, 3.63) is 59.9 Å². The van der Waals surface area contributed by atoms with E-state index in [1.165, 1.54) is 18.9 Å². The molecule has 0 saturated heterocycles. The van der Waals surface area contributed by atoms with E-state index in [0.29, 0.717) is 23.8 Å². The van der Waals surface area contributed by atoms with E-state index in [4.69, 9.17) is 0 Å². The lowest BCUT2D eigenvalue weighted by atomic mass is 10.1. The second kappa shape index (κ2) is 9.83. The quantitative estimate of drug-likeness (QED) is 0.449. The van der Waals surface area contributed by atoms with Gasteiger partial charge in [0.25, 0.3) is 0 Å². The van der Waals surface area contributed by atoms with Crippen LogP contribution in [0.3, 0.4) is 0 Å². The number of hydrogen-bond donors (Lipinski definition) is 1. The molecule has 0 aliphatic rings. The van der Waals surface area contributed by atoms with Crippen molar-refractivity contribution >= 4 is 23.6 Å². The molecule has 0 spiro atoms. The molecule has 150 valence electrons. The number of methoxy groups -OCH3 is 1. The smallest absolute Gasteiger partial charge is 0.337 e. The fraction of sp³-hybridized carbons (Fsp3) is 0.250. The summed E-state index contributed by atoms with van der Waals surface area (Å²) in [6.07, 6.45) is 3.42. The molecular weight excluding hydrogens is 390 g/mol. The first kappa shape index (κ1) is 20.5. The molecule has 29 heavy (non-hydrogen) atoms. The van der Waals surface area contributed by atoms with Crippen LogP contribution in [0.2, 0.25) is 0 Å². The third-order valence-electron chi connectivity index (χ3n) is 4.17. The van der Waals surface area contributed by atoms with Crippen molar-refractivity contribution in [2.24, 2.45) is 0 Å². The van der Waals surface area contributed by atoms with E-state index in [-0.39, 0.29) is 17.6 Å². The Labute approximate surface area is 172 Å². The second-order valence-corrected chi connectivity index (χ2v) is 6.98. The van der Waals surface area contributed by atoms with Crippen molar-refractivity contribution in [3.63, 3.8) is 0 Å². The monoisotopic (exact) mass is 411 g/mol. The predicted molar refractivity (Wildman–Crippen MR) is 109 cm³/mol. The number of benzene rings is 1. The van der Waals surface area contributed by atoms with Gasteiger partial charge >= 0.3 is 5.97 Å². The molecule has 3 rings (SSSR count). The van der Waals surface area contributed by atoms with Gasteiger partial charge in [-0.25, -0.2) is 4.79 Å². The zero-order chi connectivity index (χ0) is 20.6. The van der Waals surface area contributed by atoms with Crippen LogP contribution in [0.4, 0.5) is 0 Å². The van der Waals surface area contributed by atoms with E-state index in [2.05, 4.69) is 25.2 Å². The van der Waals surface area contributed by atoms with Gasteiger partial charge in [0.15, 0.2) is 11.0 Å². The van der Waals surface area contributed by atoms with Crippen LogP contribution in [-0.2, 0) is 22.6 Å². The number of pyridine rings is 1. The lowest BCUT2D eigenvalue weighted by molar-refractivity contribution is -0.118. The Balaban J connectivity index is 1.54. The first-order valence-electron chi connectivity index (χ1n) is 9.02. The molecule has 0 aliphatic carbocycles. The highest BCUT2D eigenvalue weighted by molar-refractivity contribution is 7.99. The van der Waals surface area contributed by atoms with E-state index in [1.807, 2.05) is 23.6 Å². The summed E-state index contributed by atoms with van der Waals surface area (Å²) >= 11 is 1.34. The molecular formula is C20H21N5O3S. The molecule has 1 N–H and O–H groups in total. The van der Waals surface area contributed by atoms with Crippen LogP contribution >= 0.6 is 11.8 Å². The summed E-state index contributed by atoms with van der Waals surface area (Å²) in [7, 11) is 1.34. The van der Waals surface area contributed by atoms with Crippen LogP contribution in [0, 0.1) is 0 Å². The lowest BCUT2D eigenvalue weighted by Gasteiger charge is -2.08. The summed E-state index contributed by atoms with van der Waals surface area (Å²) < 4.78 is 6.64. The van der Waals surface area contributed by atoms with Gasteiger partial charge in [0.05, 0.1) is 18.4 Å². The van der Waals surface area contributed by atoms with Crippen molar-refractivity contribution in [3.8, 4) is 11.4 Å². The zero-order valence-corrected chi connectivity index (χ0v) is 17.0. The largest absolute Gasteiger partial charge is 0.465 e. The minimum absolute atomic E-state index is 0.108. The number of nitrogens with zero attached hydrogens (tertiary/aromatic N) is 4. The molecule has 9 heteroatoms. The maximum atomic E-state index is 12.2. The average Bonchev–Trinajstić information content (AvgIpc) is 3.19. The van der Waals surface area contributed by atoms with Crippen molar-refractivity contribution in [1.82, 2.24) is 25.1 Å². The Morgan fingerprint density at radius 2 is 1.83 bits per heavy atom. The van der Waals surface area contributed by atoms with Gasteiger partial charge in [0, 0.05) is 31.0 Å². The molecule has 0 bridgehead atoms. The molecule has 2 heterocycles. The summed E-state index contributed by atoms with van der Waals surface area (Å²) in [5.74, 6) is 0.490. The summed E-state index contributed by atoms with van der Waals surface area (Å²) in [5.41, 5.74) is 2.30. The lowest BCUT2D eigenvalue weighted by Crippen LogP contribution is -2.24. The number of hydrogen-bond acceptors (Lipinski definition) is 7. The average molecular weight is 411 g/mol. The van der Waals surface area contributed by atoms with Crippen molar-refractivity contribution in [1.29, 1.82) is 0 Å². The van der Waals surface area contributed by atoms with Crippen LogP contribution in [0.1, 0.15) is 22.8 Å². The molecule has 1 aromatic carbocycles. The van der Waals surface area contributed by atoms with Crippen LogP contribution < -0.4 is 5.32 Å². The molecule has 3 aromatic rings. The zero-order valence-electron chi connectivity index (χ0n) is 16.2. The molecule has 2 aromatic heterocycles. The van der Waals surface area contributed by atoms with Crippen LogP contribution in [-0.4, -0.2) is 44.5 Å². The summed E-state index contributed by atoms with van der Waals surface area (Å²) in [6.45, 7) is 3.08. The molecule has 0 radical (unpaired) electrons. The fourth-order valence-electron chi connectivity index (χ4n) is 2.65. The Hall–Kier alpha value is -3.20. The molecule has 0 aliphatic heterocycles. The van der Waals surface area contributed by atoms with Gasteiger partial charge in [-0.15, -0.1) is 10.2 Å². The highest BCUT2D eigenvalue weighted by Gasteiger charge is 2.14. The number of carbonyl (C=O) groups excluding carboxylic acids is 2. The fourth-order valence-corrected chi connectivity index (χ4v) is 3.49. The number of esters is 1. The van der Waals surface area contributed by atoms with E-state index in [9.17, 15) is 9.59 Å². The van der Waals surface area contributed by atoms with Crippen LogP contribution in [0.5, 0.6) is 0 Å². The third-order valence-corrected chi connectivity index (χ3v) is 5.14. The van der Waals surface area contributed by atoms with Gasteiger partial charge in [-0.1, -0.05) is 23.9 Å². The molecule has 1 amide bonds. The van der Waals surface area contributed by atoms with Gasteiger partial charge in [0.1, 0.15) is 0 Å². The van der Waals surface area contributed by atoms with E-state index in [1.54, 1.807) is 36.7 Å². The molecule has 0 fully saturated rings. The maximum absolute atomic E-state index is 12.2. The second-order valence-electron chi connectivity index (χ2n) is 6.04. The Kier molecular flexibility index (Phi) is 6.96. The highest BCUT2D eigenvalue weighted by Crippen LogP contribution is 2.23. The topological polar surface area (TPSA) is 99.0 Å². The van der Waals surface area contributed by atoms with Crippen molar-refractivity contribution in [2.45, 2.75) is 25.2 Å². The van der Waals surface area contributed by atoms with E-state index in [0.717, 1.165) is 17.0 Å². The first-order valence-corrected chi connectivity index (χ1v) is 10.0. The highest BCUT2D eigenvalue weighted by atomic mass is 32.2. The molecule has 0 saturated carbocycles. The van der Waals surface area contributed by atoms with Gasteiger partial charge in [-0.3, -0.25) is 9.78 Å². The standard InChI is InChI=1S/C20H21N5O3S/c1-3-25-18(15-8-10-21-11-9-15)23-24-20(25)29-13-17(26)22-12-14-4-6-16(7-5-14)19(27)28-2/h4-11H,3,12-13H2,1-2H3,(H,22,26). The maximum Gasteiger partial charge on any atom is 0.337 e.